The fourth-order valence-electron chi connectivity index (χ4n) is 1.94. The first-order valence-electron chi connectivity index (χ1n) is 5.10. The van der Waals surface area contributed by atoms with Gasteiger partial charge in [0.25, 0.3) is 0 Å². The summed E-state index contributed by atoms with van der Waals surface area (Å²) in [6.45, 7) is 4.23. The first-order valence-corrected chi connectivity index (χ1v) is 5.85. The summed E-state index contributed by atoms with van der Waals surface area (Å²) >= 11 is 11.8. The van der Waals surface area contributed by atoms with Crippen molar-refractivity contribution in [1.82, 2.24) is 9.97 Å². The summed E-state index contributed by atoms with van der Waals surface area (Å²) in [4.78, 5) is 10.2. The molecule has 1 aromatic rings. The Kier molecular flexibility index (Phi) is 3.32. The average Bonchev–Trinajstić information content (AvgIpc) is 2.22. The minimum atomic E-state index is 0.257. The highest BCUT2D eigenvalue weighted by Crippen LogP contribution is 2.27. The van der Waals surface area contributed by atoms with E-state index in [0.717, 1.165) is 18.9 Å². The maximum absolute atomic E-state index is 6.05. The number of hydrogen-bond donors (Lipinski definition) is 0. The maximum Gasteiger partial charge on any atom is 0.224 e. The van der Waals surface area contributed by atoms with E-state index in [4.69, 9.17) is 23.2 Å². The summed E-state index contributed by atoms with van der Waals surface area (Å²) < 4.78 is 0. The molecule has 0 radical (unpaired) electrons. The van der Waals surface area contributed by atoms with E-state index in [1.165, 1.54) is 12.8 Å². The summed E-state index contributed by atoms with van der Waals surface area (Å²) in [7, 11) is 0. The highest BCUT2D eigenvalue weighted by Gasteiger charge is 2.20. The van der Waals surface area contributed by atoms with Gasteiger partial charge in [-0.3, -0.25) is 0 Å². The second-order valence-corrected chi connectivity index (χ2v) is 4.75. The van der Waals surface area contributed by atoms with Gasteiger partial charge in [0.1, 0.15) is 5.02 Å². The van der Waals surface area contributed by atoms with E-state index in [1.807, 2.05) is 0 Å². The summed E-state index contributed by atoms with van der Waals surface area (Å²) in [5.41, 5.74) is 0. The van der Waals surface area contributed by atoms with E-state index in [-0.39, 0.29) is 5.28 Å². The van der Waals surface area contributed by atoms with Crippen molar-refractivity contribution in [3.8, 4) is 0 Å². The Balaban J connectivity index is 2.24. The number of anilines is 1. The predicted octanol–water partition coefficient (Wildman–Crippen LogP) is 3.02. The summed E-state index contributed by atoms with van der Waals surface area (Å²) in [5.74, 6) is 1.45. The molecule has 5 heteroatoms. The molecule has 0 N–H and O–H groups in total. The summed E-state index contributed by atoms with van der Waals surface area (Å²) in [5, 5.41) is 0.834. The van der Waals surface area contributed by atoms with Crippen LogP contribution in [0.25, 0.3) is 0 Å². The van der Waals surface area contributed by atoms with Gasteiger partial charge in [0, 0.05) is 13.1 Å². The lowest BCUT2D eigenvalue weighted by Crippen LogP contribution is -2.35. The fraction of sp³-hybridized carbons (Fsp3) is 0.600. The molecule has 1 aliphatic heterocycles. The number of rotatable bonds is 1. The Labute approximate surface area is 99.4 Å². The van der Waals surface area contributed by atoms with Crippen molar-refractivity contribution in [1.29, 1.82) is 0 Å². The summed E-state index contributed by atoms with van der Waals surface area (Å²) in [6.07, 6.45) is 4.01. The van der Waals surface area contributed by atoms with Crippen LogP contribution in [0, 0.1) is 5.92 Å². The van der Waals surface area contributed by atoms with Crippen LogP contribution in [-0.4, -0.2) is 23.1 Å². The van der Waals surface area contributed by atoms with Gasteiger partial charge in [-0.15, -0.1) is 0 Å². The van der Waals surface area contributed by atoms with Crippen LogP contribution in [0.2, 0.25) is 10.3 Å². The van der Waals surface area contributed by atoms with E-state index >= 15 is 0 Å². The Hall–Kier alpha value is -0.540. The van der Waals surface area contributed by atoms with Gasteiger partial charge < -0.3 is 4.90 Å². The van der Waals surface area contributed by atoms with Gasteiger partial charge in [0.15, 0.2) is 5.82 Å². The Bertz CT molecular complexity index is 357. The monoisotopic (exact) mass is 245 g/mol. The zero-order chi connectivity index (χ0) is 10.8. The number of nitrogens with zero attached hydrogens (tertiary/aromatic N) is 3. The highest BCUT2D eigenvalue weighted by atomic mass is 35.5. The molecule has 1 saturated heterocycles. The van der Waals surface area contributed by atoms with Gasteiger partial charge in [-0.25, -0.2) is 4.98 Å². The van der Waals surface area contributed by atoms with E-state index in [1.54, 1.807) is 6.20 Å². The number of hydrogen-bond acceptors (Lipinski definition) is 3. The Morgan fingerprint density at radius 3 is 3.00 bits per heavy atom. The molecule has 1 unspecified atom stereocenters. The molecule has 3 nitrogen and oxygen atoms in total. The molecule has 0 aliphatic carbocycles. The largest absolute Gasteiger partial charge is 0.355 e. The van der Waals surface area contributed by atoms with E-state index in [2.05, 4.69) is 21.8 Å². The van der Waals surface area contributed by atoms with Gasteiger partial charge in [-0.1, -0.05) is 18.5 Å². The van der Waals surface area contributed by atoms with Crippen molar-refractivity contribution >= 4 is 29.0 Å². The number of halogens is 2. The van der Waals surface area contributed by atoms with Gasteiger partial charge in [-0.2, -0.15) is 4.98 Å². The van der Waals surface area contributed by atoms with Crippen molar-refractivity contribution < 1.29 is 0 Å². The fourth-order valence-corrected chi connectivity index (χ4v) is 2.28. The minimum absolute atomic E-state index is 0.257. The highest BCUT2D eigenvalue weighted by molar-refractivity contribution is 6.33. The first kappa shape index (κ1) is 11.0. The molecule has 82 valence electrons. The molecule has 0 spiro atoms. The van der Waals surface area contributed by atoms with Crippen molar-refractivity contribution in [2.24, 2.45) is 5.92 Å². The molecule has 0 bridgehead atoms. The first-order chi connectivity index (χ1) is 7.16. The molecule has 1 aromatic heterocycles. The molecule has 0 aromatic carbocycles. The van der Waals surface area contributed by atoms with Crippen LogP contribution in [0.1, 0.15) is 19.8 Å². The summed E-state index contributed by atoms with van der Waals surface area (Å²) in [6, 6.07) is 0. The van der Waals surface area contributed by atoms with Crippen molar-refractivity contribution in [2.75, 3.05) is 18.0 Å². The second-order valence-electron chi connectivity index (χ2n) is 4.00. The molecule has 2 heterocycles. The normalized spacial score (nSPS) is 21.8. The molecule has 1 atom stereocenters. The van der Waals surface area contributed by atoms with Crippen molar-refractivity contribution in [3.05, 3.63) is 16.5 Å². The van der Waals surface area contributed by atoms with Gasteiger partial charge >= 0.3 is 0 Å². The van der Waals surface area contributed by atoms with Crippen LogP contribution >= 0.6 is 23.2 Å². The van der Waals surface area contributed by atoms with Gasteiger partial charge in [0.05, 0.1) is 6.20 Å². The molecule has 0 saturated carbocycles. The standard InChI is InChI=1S/C10H13Cl2N3/c1-7-3-2-4-15(6-7)9-8(11)5-13-10(12)14-9/h5,7H,2-4,6H2,1H3. The second kappa shape index (κ2) is 4.54. The molecular weight excluding hydrogens is 233 g/mol. The molecule has 1 aliphatic rings. The number of aromatic nitrogens is 2. The average molecular weight is 246 g/mol. The maximum atomic E-state index is 6.05. The smallest absolute Gasteiger partial charge is 0.224 e. The third kappa shape index (κ3) is 2.52. The van der Waals surface area contributed by atoms with E-state index in [9.17, 15) is 0 Å². The van der Waals surface area contributed by atoms with E-state index < -0.39 is 0 Å². The third-order valence-electron chi connectivity index (χ3n) is 2.65. The molecule has 0 amide bonds. The quantitative estimate of drug-likeness (QED) is 0.713. The lowest BCUT2D eigenvalue weighted by Gasteiger charge is -2.32. The van der Waals surface area contributed by atoms with Crippen LogP contribution in [0.5, 0.6) is 0 Å². The molecule has 15 heavy (non-hydrogen) atoms. The SMILES string of the molecule is CC1CCCN(c2nc(Cl)ncc2Cl)C1. The van der Waals surface area contributed by atoms with Gasteiger partial charge in [-0.05, 0) is 30.4 Å². The molecular formula is C10H13Cl2N3. The third-order valence-corrected chi connectivity index (χ3v) is 3.10. The zero-order valence-electron chi connectivity index (χ0n) is 8.58. The van der Waals surface area contributed by atoms with E-state index in [0.29, 0.717) is 10.9 Å². The predicted molar refractivity (Wildman–Crippen MR) is 62.7 cm³/mol. The lowest BCUT2D eigenvalue weighted by atomic mass is 10.0. The molecule has 2 rings (SSSR count). The van der Waals surface area contributed by atoms with Gasteiger partial charge in [0.2, 0.25) is 5.28 Å². The zero-order valence-corrected chi connectivity index (χ0v) is 10.1. The van der Waals surface area contributed by atoms with Crippen LogP contribution in [0.4, 0.5) is 5.82 Å². The van der Waals surface area contributed by atoms with Crippen molar-refractivity contribution in [2.45, 2.75) is 19.8 Å². The molecule has 1 fully saturated rings. The van der Waals surface area contributed by atoms with Crippen LogP contribution in [0.15, 0.2) is 6.20 Å². The van der Waals surface area contributed by atoms with Crippen LogP contribution < -0.4 is 4.90 Å². The van der Waals surface area contributed by atoms with Crippen molar-refractivity contribution in [3.63, 3.8) is 0 Å². The van der Waals surface area contributed by atoms with Crippen LogP contribution in [-0.2, 0) is 0 Å². The minimum Gasteiger partial charge on any atom is -0.355 e. The lowest BCUT2D eigenvalue weighted by molar-refractivity contribution is 0.444. The topological polar surface area (TPSA) is 29.0 Å². The van der Waals surface area contributed by atoms with Crippen LogP contribution in [0.3, 0.4) is 0 Å². The Morgan fingerprint density at radius 1 is 1.47 bits per heavy atom. The number of piperidine rings is 1. The Morgan fingerprint density at radius 2 is 2.27 bits per heavy atom.